The third kappa shape index (κ3) is 2.90. The molecule has 0 saturated carbocycles. The minimum atomic E-state index is -0.393. The average Bonchev–Trinajstić information content (AvgIpc) is 2.60. The summed E-state index contributed by atoms with van der Waals surface area (Å²) in [5.74, 6) is -0.0173. The second-order valence-corrected chi connectivity index (χ2v) is 5.78. The summed E-state index contributed by atoms with van der Waals surface area (Å²) < 4.78 is 5.10. The number of methoxy groups -OCH3 is 1. The van der Waals surface area contributed by atoms with E-state index in [0.717, 1.165) is 11.3 Å². The lowest BCUT2D eigenvalue weighted by Gasteiger charge is -2.18. The molecule has 0 unspecified atom stereocenters. The molecule has 1 aromatic heterocycles. The molecule has 1 N–H and O–H groups in total. The van der Waals surface area contributed by atoms with E-state index in [-0.39, 0.29) is 27.8 Å². The number of aromatic nitrogens is 1. The number of hydrogen-bond acceptors (Lipinski definition) is 5. The highest BCUT2D eigenvalue weighted by molar-refractivity contribution is 6.49. The second-order valence-electron chi connectivity index (χ2n) is 5.40. The van der Waals surface area contributed by atoms with Crippen LogP contribution in [0.15, 0.2) is 47.1 Å². The molecule has 5 nitrogen and oxygen atoms in total. The molecule has 0 spiro atoms. The van der Waals surface area contributed by atoms with Gasteiger partial charge >= 0.3 is 0 Å². The number of ether oxygens (including phenoxy) is 1. The summed E-state index contributed by atoms with van der Waals surface area (Å²) in [6, 6.07) is 10.6. The zero-order chi connectivity index (χ0) is 17.3. The van der Waals surface area contributed by atoms with Gasteiger partial charge < -0.3 is 10.1 Å². The topological polar surface area (TPSA) is 68.3 Å². The number of rotatable bonds is 4. The van der Waals surface area contributed by atoms with Gasteiger partial charge in [-0.2, -0.15) is 0 Å². The first-order valence-electron chi connectivity index (χ1n) is 7.35. The highest BCUT2D eigenvalue weighted by Crippen LogP contribution is 2.26. The Hall–Kier alpha value is -2.66. The highest BCUT2D eigenvalue weighted by atomic mass is 35.5. The van der Waals surface area contributed by atoms with Gasteiger partial charge in [-0.15, -0.1) is 0 Å². The number of fused-ring (bicyclic) bond motifs is 1. The first-order chi connectivity index (χ1) is 11.5. The first kappa shape index (κ1) is 16.2. The van der Waals surface area contributed by atoms with Crippen LogP contribution >= 0.6 is 11.6 Å². The Balaban J connectivity index is 1.85. The van der Waals surface area contributed by atoms with E-state index in [0.29, 0.717) is 12.2 Å². The standard InChI is InChI=1S/C18H15ClN2O3/c1-10-3-8-13-15(21-10)18(23)16(14(19)17(13)22)20-9-11-4-6-12(24-2)7-5-11/h3-8,20H,9H2,1-2H3. The van der Waals surface area contributed by atoms with Crippen LogP contribution in [-0.4, -0.2) is 23.7 Å². The number of halogens is 1. The van der Waals surface area contributed by atoms with Crippen LogP contribution < -0.4 is 10.1 Å². The van der Waals surface area contributed by atoms with Crippen LogP contribution in [-0.2, 0) is 6.54 Å². The highest BCUT2D eigenvalue weighted by Gasteiger charge is 2.32. The van der Waals surface area contributed by atoms with Crippen molar-refractivity contribution in [2.45, 2.75) is 13.5 Å². The number of allylic oxidation sites excluding steroid dienone is 2. The minimum Gasteiger partial charge on any atom is -0.497 e. The normalized spacial score (nSPS) is 13.8. The summed E-state index contributed by atoms with van der Waals surface area (Å²) in [5.41, 5.74) is 2.06. The van der Waals surface area contributed by atoms with Crippen molar-refractivity contribution in [3.05, 3.63) is 69.6 Å². The summed E-state index contributed by atoms with van der Waals surface area (Å²) in [5, 5.41) is 2.86. The molecule has 0 aliphatic heterocycles. The third-order valence-electron chi connectivity index (χ3n) is 3.77. The van der Waals surface area contributed by atoms with Crippen molar-refractivity contribution < 1.29 is 14.3 Å². The number of aryl methyl sites for hydroxylation is 1. The number of benzene rings is 1. The molecular weight excluding hydrogens is 328 g/mol. The molecule has 0 fully saturated rings. The lowest BCUT2D eigenvalue weighted by molar-refractivity contribution is 0.0970. The van der Waals surface area contributed by atoms with Crippen molar-refractivity contribution in [2.24, 2.45) is 0 Å². The number of carbonyl (C=O) groups is 2. The van der Waals surface area contributed by atoms with Gasteiger partial charge in [0.2, 0.25) is 11.6 Å². The van der Waals surface area contributed by atoms with Gasteiger partial charge in [0.25, 0.3) is 0 Å². The molecule has 1 aliphatic rings. The molecule has 1 aliphatic carbocycles. The number of ketones is 2. The van der Waals surface area contributed by atoms with Crippen LogP contribution in [0.25, 0.3) is 0 Å². The Bertz CT molecular complexity index is 857. The Morgan fingerprint density at radius 1 is 1.08 bits per heavy atom. The Morgan fingerprint density at radius 2 is 1.79 bits per heavy atom. The fourth-order valence-electron chi connectivity index (χ4n) is 2.45. The zero-order valence-corrected chi connectivity index (χ0v) is 14.0. The summed E-state index contributed by atoms with van der Waals surface area (Å²) >= 11 is 6.11. The van der Waals surface area contributed by atoms with Crippen molar-refractivity contribution in [1.82, 2.24) is 10.3 Å². The lowest BCUT2D eigenvalue weighted by Crippen LogP contribution is -2.29. The maximum absolute atomic E-state index is 12.6. The number of pyridine rings is 1. The number of carbonyl (C=O) groups excluding carboxylic acids is 2. The van der Waals surface area contributed by atoms with Crippen molar-refractivity contribution in [3.63, 3.8) is 0 Å². The van der Waals surface area contributed by atoms with Crippen molar-refractivity contribution in [3.8, 4) is 5.75 Å². The summed E-state index contributed by atoms with van der Waals surface area (Å²) in [6.07, 6.45) is 0. The minimum absolute atomic E-state index is 0.0862. The number of Topliss-reactive ketones (excluding diaryl/α,β-unsaturated/α-hetero) is 2. The number of hydrogen-bond donors (Lipinski definition) is 1. The van der Waals surface area contributed by atoms with Crippen LogP contribution in [0.5, 0.6) is 5.75 Å². The van der Waals surface area contributed by atoms with E-state index in [1.165, 1.54) is 0 Å². The van der Waals surface area contributed by atoms with Gasteiger partial charge in [-0.05, 0) is 36.8 Å². The van der Waals surface area contributed by atoms with Gasteiger partial charge in [0.15, 0.2) is 0 Å². The maximum Gasteiger partial charge on any atom is 0.229 e. The predicted molar refractivity (Wildman–Crippen MR) is 90.3 cm³/mol. The smallest absolute Gasteiger partial charge is 0.229 e. The van der Waals surface area contributed by atoms with Gasteiger partial charge in [0.05, 0.1) is 12.7 Å². The third-order valence-corrected chi connectivity index (χ3v) is 4.13. The van der Waals surface area contributed by atoms with E-state index >= 15 is 0 Å². The van der Waals surface area contributed by atoms with Gasteiger partial charge in [0.1, 0.15) is 22.2 Å². The van der Waals surface area contributed by atoms with Crippen LogP contribution in [0.1, 0.15) is 32.1 Å². The molecule has 0 bridgehead atoms. The van der Waals surface area contributed by atoms with Gasteiger partial charge in [-0.1, -0.05) is 23.7 Å². The van der Waals surface area contributed by atoms with Crippen molar-refractivity contribution in [2.75, 3.05) is 7.11 Å². The van der Waals surface area contributed by atoms with Crippen LogP contribution in [0.2, 0.25) is 0 Å². The Kier molecular flexibility index (Phi) is 4.36. The maximum atomic E-state index is 12.6. The number of nitrogens with zero attached hydrogens (tertiary/aromatic N) is 1. The molecule has 0 saturated heterocycles. The summed E-state index contributed by atoms with van der Waals surface area (Å²) in [4.78, 5) is 29.1. The molecule has 3 rings (SSSR count). The molecule has 1 heterocycles. The monoisotopic (exact) mass is 342 g/mol. The van der Waals surface area contributed by atoms with Crippen LogP contribution in [0.4, 0.5) is 0 Å². The lowest BCUT2D eigenvalue weighted by atomic mass is 9.96. The van der Waals surface area contributed by atoms with E-state index < -0.39 is 5.78 Å². The molecule has 24 heavy (non-hydrogen) atoms. The molecule has 122 valence electrons. The summed E-state index contributed by atoms with van der Waals surface area (Å²) in [6.45, 7) is 2.12. The van der Waals surface area contributed by atoms with Crippen molar-refractivity contribution in [1.29, 1.82) is 0 Å². The molecule has 1 aromatic carbocycles. The van der Waals surface area contributed by atoms with Crippen LogP contribution in [0.3, 0.4) is 0 Å². The van der Waals surface area contributed by atoms with Crippen molar-refractivity contribution >= 4 is 23.2 Å². The predicted octanol–water partition coefficient (Wildman–Crippen LogP) is 3.02. The van der Waals surface area contributed by atoms with E-state index in [4.69, 9.17) is 16.3 Å². The molecule has 0 amide bonds. The largest absolute Gasteiger partial charge is 0.497 e. The fraction of sp³-hybridized carbons (Fsp3) is 0.167. The van der Waals surface area contributed by atoms with E-state index in [9.17, 15) is 9.59 Å². The molecule has 2 aromatic rings. The average molecular weight is 343 g/mol. The fourth-order valence-corrected chi connectivity index (χ4v) is 2.71. The second kappa shape index (κ2) is 6.45. The molecule has 0 radical (unpaired) electrons. The Labute approximate surface area is 144 Å². The molecular formula is C18H15ClN2O3. The van der Waals surface area contributed by atoms with Gasteiger partial charge in [-0.3, -0.25) is 9.59 Å². The SMILES string of the molecule is COc1ccc(CNC2=C(Cl)C(=O)c3ccc(C)nc3C2=O)cc1. The molecule has 6 heteroatoms. The quantitative estimate of drug-likeness (QED) is 0.925. The Morgan fingerprint density at radius 3 is 2.46 bits per heavy atom. The van der Waals surface area contributed by atoms with Gasteiger partial charge in [-0.25, -0.2) is 4.98 Å². The van der Waals surface area contributed by atoms with E-state index in [2.05, 4.69) is 10.3 Å². The zero-order valence-electron chi connectivity index (χ0n) is 13.2. The van der Waals surface area contributed by atoms with E-state index in [1.807, 2.05) is 24.3 Å². The first-order valence-corrected chi connectivity index (χ1v) is 7.72. The van der Waals surface area contributed by atoms with Crippen LogP contribution in [0, 0.1) is 6.92 Å². The number of nitrogens with one attached hydrogen (secondary N) is 1. The van der Waals surface area contributed by atoms with E-state index in [1.54, 1.807) is 26.2 Å². The summed E-state index contributed by atoms with van der Waals surface area (Å²) in [7, 11) is 1.59. The molecule has 0 atom stereocenters. The van der Waals surface area contributed by atoms with Gasteiger partial charge in [0, 0.05) is 12.2 Å².